The number of benzene rings is 1. The molecule has 236 valence electrons. The normalized spacial score (nSPS) is 19.2. The van der Waals surface area contributed by atoms with Crippen LogP contribution in [0.2, 0.25) is 0 Å². The van der Waals surface area contributed by atoms with Gasteiger partial charge in [-0.05, 0) is 82.7 Å². The zero-order chi connectivity index (χ0) is 30.4. The number of alkyl halides is 3. The molecule has 5 rings (SSSR count). The lowest BCUT2D eigenvalue weighted by Gasteiger charge is -2.29. The van der Waals surface area contributed by atoms with Crippen LogP contribution in [0.25, 0.3) is 11.3 Å². The lowest BCUT2D eigenvalue weighted by atomic mass is 9.93. The summed E-state index contributed by atoms with van der Waals surface area (Å²) in [4.78, 5) is 28.8. The zero-order valence-corrected chi connectivity index (χ0v) is 24.4. The van der Waals surface area contributed by atoms with Gasteiger partial charge in [0.25, 0.3) is 5.91 Å². The van der Waals surface area contributed by atoms with E-state index in [-0.39, 0.29) is 41.4 Å². The number of hydrogen-bond donors (Lipinski definition) is 2. The quantitative estimate of drug-likeness (QED) is 0.299. The molecule has 3 fully saturated rings. The van der Waals surface area contributed by atoms with E-state index in [1.54, 1.807) is 4.68 Å². The highest BCUT2D eigenvalue weighted by Gasteiger charge is 2.31. The molecule has 1 aromatic carbocycles. The second kappa shape index (κ2) is 14.1. The first kappa shape index (κ1) is 31.3. The predicted octanol–water partition coefficient (Wildman–Crippen LogP) is 5.78. The molecule has 12 heteroatoms. The van der Waals surface area contributed by atoms with E-state index in [2.05, 4.69) is 20.6 Å². The van der Waals surface area contributed by atoms with Crippen molar-refractivity contribution in [2.24, 2.45) is 0 Å². The maximum atomic E-state index is 14.1. The van der Waals surface area contributed by atoms with Crippen LogP contribution in [0.4, 0.5) is 17.6 Å². The highest BCUT2D eigenvalue weighted by molar-refractivity contribution is 5.94. The monoisotopic (exact) mass is 607 g/mol. The summed E-state index contributed by atoms with van der Waals surface area (Å²) < 4.78 is 59.7. The summed E-state index contributed by atoms with van der Waals surface area (Å²) >= 11 is 0. The van der Waals surface area contributed by atoms with Gasteiger partial charge >= 0.3 is 6.18 Å². The first-order chi connectivity index (χ1) is 20.6. The van der Waals surface area contributed by atoms with Crippen molar-refractivity contribution in [1.82, 2.24) is 25.3 Å². The summed E-state index contributed by atoms with van der Waals surface area (Å²) in [5.41, 5.74) is 0.711. The number of ether oxygens (including phenoxy) is 1. The maximum Gasteiger partial charge on any atom is 0.422 e. The highest BCUT2D eigenvalue weighted by atomic mass is 19.4. The van der Waals surface area contributed by atoms with Crippen LogP contribution in [0.5, 0.6) is 5.75 Å². The molecule has 1 saturated heterocycles. The summed E-state index contributed by atoms with van der Waals surface area (Å²) in [6, 6.07) is 4.68. The third-order valence-electron chi connectivity index (χ3n) is 8.73. The van der Waals surface area contributed by atoms with Gasteiger partial charge in [-0.2, -0.15) is 18.3 Å². The minimum Gasteiger partial charge on any atom is -0.483 e. The molecule has 1 atom stereocenters. The molecule has 0 bridgehead atoms. The maximum absolute atomic E-state index is 14.1. The fourth-order valence-electron chi connectivity index (χ4n) is 6.19. The summed E-state index contributed by atoms with van der Waals surface area (Å²) in [5, 5.41) is 10.7. The van der Waals surface area contributed by atoms with Gasteiger partial charge in [0.05, 0.1) is 11.7 Å². The van der Waals surface area contributed by atoms with E-state index < -0.39 is 30.5 Å². The SMILES string of the molecule is O=C(CC(CCN1CCCCC1)NC(=O)c1cc(-c2ccc(F)cc2OCC(F)(F)F)n(C2CCCC2)n1)NC1CCC1. The Morgan fingerprint density at radius 3 is 2.42 bits per heavy atom. The standard InChI is InChI=1S/C31H41F4N5O3/c32-21-11-12-25(28(17-21)43-20-31(33,34)35)27-19-26(38-40(27)24-9-2-3-10-24)30(42)37-23(13-16-39-14-4-1-5-15-39)18-29(41)36-22-7-6-8-22/h11-12,17,19,22-24H,1-10,13-16,18,20H2,(H,36,41)(H,37,42). The molecule has 2 heterocycles. The average molecular weight is 608 g/mol. The van der Waals surface area contributed by atoms with Gasteiger partial charge in [0, 0.05) is 36.7 Å². The minimum absolute atomic E-state index is 0.0553. The number of piperidine rings is 1. The van der Waals surface area contributed by atoms with Gasteiger partial charge in [0.15, 0.2) is 12.3 Å². The average Bonchev–Trinajstić information content (AvgIpc) is 3.63. The number of carbonyl (C=O) groups excluding carboxylic acids is 2. The Kier molecular flexibility index (Phi) is 10.2. The number of halogens is 4. The Morgan fingerprint density at radius 2 is 1.74 bits per heavy atom. The number of nitrogens with one attached hydrogen (secondary N) is 2. The van der Waals surface area contributed by atoms with Crippen LogP contribution in [0.1, 0.15) is 93.6 Å². The van der Waals surface area contributed by atoms with Gasteiger partial charge < -0.3 is 20.3 Å². The smallest absolute Gasteiger partial charge is 0.422 e. The predicted molar refractivity (Wildman–Crippen MR) is 153 cm³/mol. The number of nitrogens with zero attached hydrogens (tertiary/aromatic N) is 3. The van der Waals surface area contributed by atoms with E-state index in [9.17, 15) is 27.2 Å². The topological polar surface area (TPSA) is 88.5 Å². The number of carbonyl (C=O) groups is 2. The van der Waals surface area contributed by atoms with Crippen LogP contribution >= 0.6 is 0 Å². The van der Waals surface area contributed by atoms with Gasteiger partial charge in [-0.3, -0.25) is 14.3 Å². The number of rotatable bonds is 12. The number of amides is 2. The van der Waals surface area contributed by atoms with Crippen molar-refractivity contribution in [1.29, 1.82) is 0 Å². The van der Waals surface area contributed by atoms with Crippen LogP contribution in [-0.4, -0.2) is 71.0 Å². The van der Waals surface area contributed by atoms with Crippen molar-refractivity contribution >= 4 is 11.8 Å². The van der Waals surface area contributed by atoms with E-state index in [0.29, 0.717) is 12.1 Å². The molecule has 3 aliphatic rings. The van der Waals surface area contributed by atoms with Crippen molar-refractivity contribution in [2.45, 2.75) is 101 Å². The molecule has 0 spiro atoms. The van der Waals surface area contributed by atoms with Crippen molar-refractivity contribution in [3.8, 4) is 17.0 Å². The molecule has 0 radical (unpaired) electrons. The Hall–Kier alpha value is -3.15. The largest absolute Gasteiger partial charge is 0.483 e. The van der Waals surface area contributed by atoms with Crippen molar-refractivity contribution in [2.75, 3.05) is 26.2 Å². The molecular formula is C31H41F4N5O3. The Labute approximate surface area is 249 Å². The number of aromatic nitrogens is 2. The minimum atomic E-state index is -4.60. The molecule has 2 amide bonds. The summed E-state index contributed by atoms with van der Waals surface area (Å²) in [6.45, 7) is 1.19. The van der Waals surface area contributed by atoms with E-state index in [1.165, 1.54) is 18.6 Å². The van der Waals surface area contributed by atoms with E-state index in [4.69, 9.17) is 4.74 Å². The third-order valence-corrected chi connectivity index (χ3v) is 8.73. The Balaban J connectivity index is 1.37. The summed E-state index contributed by atoms with van der Waals surface area (Å²) in [5.74, 6) is -1.56. The fourth-order valence-corrected chi connectivity index (χ4v) is 6.19. The van der Waals surface area contributed by atoms with Gasteiger partial charge in [0.2, 0.25) is 5.91 Å². The molecule has 2 aliphatic carbocycles. The van der Waals surface area contributed by atoms with E-state index in [0.717, 1.165) is 89.6 Å². The first-order valence-electron chi connectivity index (χ1n) is 15.6. The third kappa shape index (κ3) is 8.70. The van der Waals surface area contributed by atoms with E-state index in [1.807, 2.05) is 0 Å². The molecule has 2 N–H and O–H groups in total. The first-order valence-corrected chi connectivity index (χ1v) is 15.6. The fraction of sp³-hybridized carbons (Fsp3) is 0.645. The molecule has 1 aliphatic heterocycles. The number of hydrogen-bond acceptors (Lipinski definition) is 5. The molecule has 2 saturated carbocycles. The van der Waals surface area contributed by atoms with Gasteiger partial charge in [-0.1, -0.05) is 19.3 Å². The van der Waals surface area contributed by atoms with Crippen LogP contribution < -0.4 is 15.4 Å². The number of likely N-dealkylation sites (tertiary alicyclic amines) is 1. The van der Waals surface area contributed by atoms with Crippen molar-refractivity contribution in [3.63, 3.8) is 0 Å². The molecule has 8 nitrogen and oxygen atoms in total. The lowest BCUT2D eigenvalue weighted by Crippen LogP contribution is -2.45. The molecule has 1 aromatic heterocycles. The Bertz CT molecular complexity index is 1250. The van der Waals surface area contributed by atoms with Crippen LogP contribution in [0, 0.1) is 5.82 Å². The summed E-state index contributed by atoms with van der Waals surface area (Å²) in [6.07, 6.45) is 6.20. The summed E-state index contributed by atoms with van der Waals surface area (Å²) in [7, 11) is 0. The van der Waals surface area contributed by atoms with Crippen LogP contribution in [-0.2, 0) is 4.79 Å². The van der Waals surface area contributed by atoms with E-state index >= 15 is 0 Å². The second-order valence-electron chi connectivity index (χ2n) is 12.1. The second-order valence-corrected chi connectivity index (χ2v) is 12.1. The van der Waals surface area contributed by atoms with Crippen molar-refractivity contribution < 1.29 is 31.9 Å². The highest BCUT2D eigenvalue weighted by Crippen LogP contribution is 2.38. The van der Waals surface area contributed by atoms with Crippen LogP contribution in [0.15, 0.2) is 24.3 Å². The molecule has 2 aromatic rings. The van der Waals surface area contributed by atoms with Gasteiger partial charge in [-0.25, -0.2) is 4.39 Å². The van der Waals surface area contributed by atoms with Crippen LogP contribution in [0.3, 0.4) is 0 Å². The van der Waals surface area contributed by atoms with Crippen molar-refractivity contribution in [3.05, 3.63) is 35.8 Å². The van der Waals surface area contributed by atoms with Gasteiger partial charge in [-0.15, -0.1) is 0 Å². The molecule has 1 unspecified atom stereocenters. The zero-order valence-electron chi connectivity index (χ0n) is 24.4. The Morgan fingerprint density at radius 1 is 1.00 bits per heavy atom. The molecular weight excluding hydrogens is 566 g/mol. The molecule has 43 heavy (non-hydrogen) atoms. The lowest BCUT2D eigenvalue weighted by molar-refractivity contribution is -0.153. The van der Waals surface area contributed by atoms with Gasteiger partial charge in [0.1, 0.15) is 11.6 Å².